The molecule has 0 atom stereocenters. The van der Waals surface area contributed by atoms with Gasteiger partial charge in [0.05, 0.1) is 24.9 Å². The monoisotopic (exact) mass is 461 g/mol. The zero-order chi connectivity index (χ0) is 23.6. The van der Waals surface area contributed by atoms with E-state index in [9.17, 15) is 22.8 Å². The Bertz CT molecular complexity index is 1210. The summed E-state index contributed by atoms with van der Waals surface area (Å²) in [6.07, 6.45) is -2.98. The van der Waals surface area contributed by atoms with Crippen molar-refractivity contribution in [2.75, 3.05) is 19.0 Å². The average Bonchev–Trinajstić information content (AvgIpc) is 3.57. The summed E-state index contributed by atoms with van der Waals surface area (Å²) in [6.45, 7) is 0.147. The second-order valence-electron chi connectivity index (χ2n) is 7.59. The van der Waals surface area contributed by atoms with Crippen LogP contribution in [0.4, 0.5) is 23.7 Å². The van der Waals surface area contributed by atoms with E-state index in [1.807, 2.05) is 0 Å². The number of hydrogen-bond acceptors (Lipinski definition) is 4. The van der Waals surface area contributed by atoms with E-state index in [0.29, 0.717) is 11.4 Å². The Morgan fingerprint density at radius 3 is 2.64 bits per heavy atom. The molecule has 0 bridgehead atoms. The van der Waals surface area contributed by atoms with Gasteiger partial charge in [0.2, 0.25) is 0 Å². The first-order valence-electron chi connectivity index (χ1n) is 10.3. The number of amides is 2. The molecule has 2 aromatic carbocycles. The number of urea groups is 1. The van der Waals surface area contributed by atoms with Gasteiger partial charge in [-0.2, -0.15) is 13.2 Å². The van der Waals surface area contributed by atoms with E-state index in [1.54, 1.807) is 24.3 Å². The molecule has 33 heavy (non-hydrogen) atoms. The Kier molecular flexibility index (Phi) is 6.12. The molecule has 0 radical (unpaired) electrons. The van der Waals surface area contributed by atoms with E-state index in [2.05, 4.69) is 15.7 Å². The van der Waals surface area contributed by atoms with Crippen LogP contribution in [0.15, 0.2) is 53.3 Å². The number of aromatic nitrogens is 3. The third-order valence-electron chi connectivity index (χ3n) is 5.19. The molecular weight excluding hydrogens is 439 g/mol. The van der Waals surface area contributed by atoms with Crippen molar-refractivity contribution >= 4 is 11.7 Å². The first-order chi connectivity index (χ1) is 15.8. The van der Waals surface area contributed by atoms with E-state index >= 15 is 0 Å². The average molecular weight is 461 g/mol. The van der Waals surface area contributed by atoms with E-state index < -0.39 is 23.5 Å². The highest BCUT2D eigenvalue weighted by Crippen LogP contribution is 2.37. The summed E-state index contributed by atoms with van der Waals surface area (Å²) in [4.78, 5) is 25.1. The summed E-state index contributed by atoms with van der Waals surface area (Å²) >= 11 is 0. The lowest BCUT2D eigenvalue weighted by Crippen LogP contribution is -2.34. The van der Waals surface area contributed by atoms with Crippen LogP contribution in [-0.4, -0.2) is 34.0 Å². The predicted molar refractivity (Wildman–Crippen MR) is 115 cm³/mol. The number of carbonyl (C=O) groups is 1. The lowest BCUT2D eigenvalue weighted by molar-refractivity contribution is -0.137. The number of benzene rings is 2. The van der Waals surface area contributed by atoms with Crippen molar-refractivity contribution in [3.63, 3.8) is 0 Å². The third-order valence-corrected chi connectivity index (χ3v) is 5.19. The van der Waals surface area contributed by atoms with Crippen molar-refractivity contribution in [1.82, 2.24) is 19.7 Å². The van der Waals surface area contributed by atoms with Crippen LogP contribution in [0, 0.1) is 0 Å². The van der Waals surface area contributed by atoms with Gasteiger partial charge in [0, 0.05) is 18.2 Å². The first-order valence-corrected chi connectivity index (χ1v) is 10.3. The van der Waals surface area contributed by atoms with Crippen LogP contribution in [-0.2, 0) is 12.7 Å². The van der Waals surface area contributed by atoms with Crippen molar-refractivity contribution in [3.05, 3.63) is 64.6 Å². The molecule has 1 fully saturated rings. The topological polar surface area (TPSA) is 90.2 Å². The molecule has 1 heterocycles. The van der Waals surface area contributed by atoms with Gasteiger partial charge in [-0.3, -0.25) is 4.57 Å². The summed E-state index contributed by atoms with van der Waals surface area (Å²) in [6, 6.07) is 11.1. The minimum absolute atomic E-state index is 0.0594. The molecule has 3 aromatic rings. The number of nitrogens with one attached hydrogen (secondary N) is 2. The number of carbonyl (C=O) groups excluding carboxylic acids is 1. The molecular formula is C22H22F3N5O3. The number of anilines is 1. The first kappa shape index (κ1) is 22.4. The Balaban J connectivity index is 1.48. The molecule has 0 spiro atoms. The van der Waals surface area contributed by atoms with E-state index in [-0.39, 0.29) is 30.5 Å². The Morgan fingerprint density at radius 2 is 1.94 bits per heavy atom. The van der Waals surface area contributed by atoms with Crippen LogP contribution in [0.3, 0.4) is 0 Å². The largest absolute Gasteiger partial charge is 0.495 e. The molecule has 0 unspecified atom stereocenters. The van der Waals surface area contributed by atoms with Crippen molar-refractivity contribution in [1.29, 1.82) is 0 Å². The SMILES string of the molecule is COc1ccccc1NC(=O)NCCn1nc(-c2cccc(C(F)(F)F)c2)n(C2CC2)c1=O. The number of methoxy groups -OCH3 is 1. The lowest BCUT2D eigenvalue weighted by Gasteiger charge is -2.10. The maximum atomic E-state index is 13.1. The van der Waals surface area contributed by atoms with Crippen LogP contribution < -0.4 is 21.1 Å². The number of para-hydroxylation sites is 2. The van der Waals surface area contributed by atoms with Crippen LogP contribution >= 0.6 is 0 Å². The van der Waals surface area contributed by atoms with Crippen LogP contribution in [0.2, 0.25) is 0 Å². The molecule has 4 rings (SSSR count). The normalized spacial score (nSPS) is 13.6. The smallest absolute Gasteiger partial charge is 0.416 e. The fraction of sp³-hybridized carbons (Fsp3) is 0.318. The highest BCUT2D eigenvalue weighted by Gasteiger charge is 2.33. The molecule has 2 amide bonds. The maximum absolute atomic E-state index is 13.1. The van der Waals surface area contributed by atoms with Crippen molar-refractivity contribution < 1.29 is 22.7 Å². The molecule has 8 nitrogen and oxygen atoms in total. The molecule has 2 N–H and O–H groups in total. The summed E-state index contributed by atoms with van der Waals surface area (Å²) in [7, 11) is 1.49. The number of ether oxygens (including phenoxy) is 1. The fourth-order valence-corrected chi connectivity index (χ4v) is 3.45. The van der Waals surface area contributed by atoms with Gasteiger partial charge in [-0.15, -0.1) is 5.10 Å². The predicted octanol–water partition coefficient (Wildman–Crippen LogP) is 3.90. The van der Waals surface area contributed by atoms with Gasteiger partial charge < -0.3 is 15.4 Å². The van der Waals surface area contributed by atoms with Crippen molar-refractivity contribution in [2.24, 2.45) is 0 Å². The molecule has 0 aliphatic heterocycles. The zero-order valence-corrected chi connectivity index (χ0v) is 17.7. The highest BCUT2D eigenvalue weighted by atomic mass is 19.4. The standard InChI is InChI=1S/C22H22F3N5O3/c1-33-18-8-3-2-7-17(18)27-20(31)26-11-12-29-21(32)30(16-9-10-16)19(28-29)14-5-4-6-15(13-14)22(23,24)25/h2-8,13,16H,9-12H2,1H3,(H2,26,27,31). The molecule has 1 saturated carbocycles. The number of hydrogen-bond donors (Lipinski definition) is 2. The molecule has 1 aliphatic carbocycles. The summed E-state index contributed by atoms with van der Waals surface area (Å²) in [5, 5.41) is 9.58. The number of halogens is 3. The molecule has 1 aliphatic rings. The second-order valence-corrected chi connectivity index (χ2v) is 7.59. The van der Waals surface area contributed by atoms with Crippen molar-refractivity contribution in [2.45, 2.75) is 31.6 Å². The number of rotatable bonds is 7. The Morgan fingerprint density at radius 1 is 1.18 bits per heavy atom. The van der Waals surface area contributed by atoms with Crippen LogP contribution in [0.25, 0.3) is 11.4 Å². The van der Waals surface area contributed by atoms with Gasteiger partial charge in [-0.25, -0.2) is 14.3 Å². The third kappa shape index (κ3) is 5.02. The molecule has 174 valence electrons. The van der Waals surface area contributed by atoms with E-state index in [4.69, 9.17) is 4.74 Å². The van der Waals surface area contributed by atoms with Gasteiger partial charge in [-0.1, -0.05) is 24.3 Å². The second kappa shape index (κ2) is 9.00. The fourth-order valence-electron chi connectivity index (χ4n) is 3.45. The van der Waals surface area contributed by atoms with Gasteiger partial charge in [0.1, 0.15) is 5.75 Å². The lowest BCUT2D eigenvalue weighted by atomic mass is 10.1. The van der Waals surface area contributed by atoms with Crippen LogP contribution in [0.5, 0.6) is 5.75 Å². The van der Waals surface area contributed by atoms with E-state index in [0.717, 1.165) is 29.7 Å². The quantitative estimate of drug-likeness (QED) is 0.559. The number of alkyl halides is 3. The Labute approximate surface area is 187 Å². The summed E-state index contributed by atoms with van der Waals surface area (Å²) in [5.74, 6) is 0.685. The molecule has 1 aromatic heterocycles. The summed E-state index contributed by atoms with van der Waals surface area (Å²) in [5.41, 5.74) is -0.523. The summed E-state index contributed by atoms with van der Waals surface area (Å²) < 4.78 is 47.2. The van der Waals surface area contributed by atoms with Gasteiger partial charge >= 0.3 is 17.9 Å². The number of nitrogens with zero attached hydrogens (tertiary/aromatic N) is 3. The van der Waals surface area contributed by atoms with Crippen LogP contribution in [0.1, 0.15) is 24.4 Å². The molecule has 11 heteroatoms. The zero-order valence-electron chi connectivity index (χ0n) is 17.7. The van der Waals surface area contributed by atoms with Gasteiger partial charge in [0.15, 0.2) is 5.82 Å². The molecule has 0 saturated heterocycles. The highest BCUT2D eigenvalue weighted by molar-refractivity contribution is 5.90. The van der Waals surface area contributed by atoms with Crippen molar-refractivity contribution in [3.8, 4) is 17.1 Å². The van der Waals surface area contributed by atoms with Gasteiger partial charge in [0.25, 0.3) is 0 Å². The Hall–Kier alpha value is -3.76. The minimum atomic E-state index is -4.50. The van der Waals surface area contributed by atoms with Gasteiger partial charge in [-0.05, 0) is 37.1 Å². The maximum Gasteiger partial charge on any atom is 0.416 e. The van der Waals surface area contributed by atoms with E-state index in [1.165, 1.54) is 23.8 Å². The minimum Gasteiger partial charge on any atom is -0.495 e.